The van der Waals surface area contributed by atoms with Crippen molar-refractivity contribution in [2.24, 2.45) is 0 Å². The summed E-state index contributed by atoms with van der Waals surface area (Å²) in [5.74, 6) is -1.19. The summed E-state index contributed by atoms with van der Waals surface area (Å²) in [4.78, 5) is 32.7. The number of aromatic nitrogens is 2. The Kier molecular flexibility index (Phi) is 3.53. The molecule has 126 valence electrons. The van der Waals surface area contributed by atoms with E-state index in [9.17, 15) is 14.7 Å². The van der Waals surface area contributed by atoms with Crippen LogP contribution in [0.3, 0.4) is 0 Å². The number of carbonyl (C=O) groups is 1. The number of fused-ring (bicyclic) bond motifs is 1. The van der Waals surface area contributed by atoms with Crippen LogP contribution >= 0.6 is 0 Å². The lowest BCUT2D eigenvalue weighted by Crippen LogP contribution is -2.44. The van der Waals surface area contributed by atoms with Crippen molar-refractivity contribution in [3.05, 3.63) is 34.2 Å². The van der Waals surface area contributed by atoms with E-state index in [4.69, 9.17) is 0 Å². The molecule has 1 N–H and O–H groups in total. The minimum Gasteiger partial charge on any atom is -0.477 e. The van der Waals surface area contributed by atoms with Gasteiger partial charge in [0.25, 0.3) is 0 Å². The van der Waals surface area contributed by atoms with Gasteiger partial charge in [-0.15, -0.1) is 0 Å². The van der Waals surface area contributed by atoms with E-state index in [0.717, 1.165) is 50.2 Å². The molecule has 0 unspecified atom stereocenters. The van der Waals surface area contributed by atoms with Gasteiger partial charge >= 0.3 is 5.97 Å². The number of likely N-dealkylation sites (N-methyl/N-ethyl adjacent to an activating group) is 1. The minimum atomic E-state index is -1.19. The summed E-state index contributed by atoms with van der Waals surface area (Å²) in [6, 6.07) is 2.26. The van der Waals surface area contributed by atoms with Crippen molar-refractivity contribution in [3.63, 3.8) is 0 Å². The average Bonchev–Trinajstić information content (AvgIpc) is 3.40. The number of anilines is 1. The van der Waals surface area contributed by atoms with Gasteiger partial charge in [0.2, 0.25) is 5.43 Å². The predicted octanol–water partition coefficient (Wildman–Crippen LogP) is 1.18. The molecule has 2 aromatic heterocycles. The van der Waals surface area contributed by atoms with E-state index >= 15 is 0 Å². The third-order valence-electron chi connectivity index (χ3n) is 4.90. The Morgan fingerprint density at radius 2 is 1.96 bits per heavy atom. The molecule has 7 nitrogen and oxygen atoms in total. The van der Waals surface area contributed by atoms with Gasteiger partial charge < -0.3 is 19.5 Å². The number of aromatic carboxylic acids is 1. The van der Waals surface area contributed by atoms with Crippen LogP contribution in [0.25, 0.3) is 11.0 Å². The predicted molar refractivity (Wildman–Crippen MR) is 90.9 cm³/mol. The second kappa shape index (κ2) is 5.59. The van der Waals surface area contributed by atoms with E-state index in [1.165, 1.54) is 6.20 Å². The second-order valence-corrected chi connectivity index (χ2v) is 6.67. The number of hydrogen-bond acceptors (Lipinski definition) is 5. The molecule has 0 spiro atoms. The molecule has 2 aromatic rings. The van der Waals surface area contributed by atoms with Gasteiger partial charge in [0.15, 0.2) is 0 Å². The molecule has 1 saturated carbocycles. The van der Waals surface area contributed by atoms with Crippen LogP contribution in [0.5, 0.6) is 0 Å². The summed E-state index contributed by atoms with van der Waals surface area (Å²) < 4.78 is 1.92. The molecule has 0 atom stereocenters. The largest absolute Gasteiger partial charge is 0.477 e. The average molecular weight is 328 g/mol. The minimum absolute atomic E-state index is 0.200. The Morgan fingerprint density at radius 3 is 2.58 bits per heavy atom. The van der Waals surface area contributed by atoms with Crippen LogP contribution in [0.4, 0.5) is 5.69 Å². The molecule has 0 bridgehead atoms. The summed E-state index contributed by atoms with van der Waals surface area (Å²) in [6.07, 6.45) is 5.20. The molecule has 4 rings (SSSR count). The van der Waals surface area contributed by atoms with E-state index in [-0.39, 0.29) is 17.1 Å². The standard InChI is InChI=1S/C17H20N4O3/c1-19-4-6-20(7-5-19)12-8-14-15(18-9-12)16(22)13(17(23)24)10-21(14)11-2-3-11/h8-11H,2-7H2,1H3,(H,23,24). The number of rotatable bonds is 3. The molecular formula is C17H20N4O3. The molecule has 0 aromatic carbocycles. The van der Waals surface area contributed by atoms with E-state index in [0.29, 0.717) is 0 Å². The van der Waals surface area contributed by atoms with Crippen molar-refractivity contribution >= 4 is 22.7 Å². The molecule has 7 heteroatoms. The van der Waals surface area contributed by atoms with Crippen molar-refractivity contribution in [3.8, 4) is 0 Å². The topological polar surface area (TPSA) is 78.7 Å². The molecule has 0 amide bonds. The lowest BCUT2D eigenvalue weighted by atomic mass is 10.2. The fourth-order valence-corrected chi connectivity index (χ4v) is 3.25. The highest BCUT2D eigenvalue weighted by atomic mass is 16.4. The number of hydrogen-bond donors (Lipinski definition) is 1. The van der Waals surface area contributed by atoms with Crippen molar-refractivity contribution in [1.29, 1.82) is 0 Å². The highest BCUT2D eigenvalue weighted by Gasteiger charge is 2.27. The van der Waals surface area contributed by atoms with E-state index in [1.807, 2.05) is 10.6 Å². The van der Waals surface area contributed by atoms with Crippen molar-refractivity contribution < 1.29 is 9.90 Å². The van der Waals surface area contributed by atoms with Crippen molar-refractivity contribution in [1.82, 2.24) is 14.5 Å². The lowest BCUT2D eigenvalue weighted by molar-refractivity contribution is 0.0695. The van der Waals surface area contributed by atoms with Gasteiger partial charge in [-0.1, -0.05) is 0 Å². The van der Waals surface area contributed by atoms with Gasteiger partial charge in [0.1, 0.15) is 11.1 Å². The van der Waals surface area contributed by atoms with E-state index in [2.05, 4.69) is 21.8 Å². The van der Waals surface area contributed by atoms with Crippen LogP contribution in [0, 0.1) is 0 Å². The first-order valence-corrected chi connectivity index (χ1v) is 8.26. The Balaban J connectivity index is 1.84. The zero-order chi connectivity index (χ0) is 16.8. The van der Waals surface area contributed by atoms with Gasteiger partial charge in [-0.25, -0.2) is 9.78 Å². The van der Waals surface area contributed by atoms with Crippen LogP contribution in [0.15, 0.2) is 23.3 Å². The molecule has 1 aliphatic carbocycles. The Morgan fingerprint density at radius 1 is 1.25 bits per heavy atom. The second-order valence-electron chi connectivity index (χ2n) is 6.67. The van der Waals surface area contributed by atoms with Crippen LogP contribution < -0.4 is 10.3 Å². The first-order valence-electron chi connectivity index (χ1n) is 8.26. The van der Waals surface area contributed by atoms with Gasteiger partial charge in [0, 0.05) is 38.4 Å². The van der Waals surface area contributed by atoms with Gasteiger partial charge in [0.05, 0.1) is 17.4 Å². The van der Waals surface area contributed by atoms with Crippen molar-refractivity contribution in [2.75, 3.05) is 38.1 Å². The molecule has 24 heavy (non-hydrogen) atoms. The molecule has 1 saturated heterocycles. The molecule has 2 fully saturated rings. The normalized spacial score (nSPS) is 19.0. The smallest absolute Gasteiger partial charge is 0.341 e. The number of piperazine rings is 1. The number of pyridine rings is 2. The van der Waals surface area contributed by atoms with E-state index < -0.39 is 11.4 Å². The fourth-order valence-electron chi connectivity index (χ4n) is 3.25. The fraction of sp³-hybridized carbons (Fsp3) is 0.471. The van der Waals surface area contributed by atoms with Crippen LogP contribution in [-0.4, -0.2) is 58.8 Å². The number of carboxylic acid groups (broad SMARTS) is 1. The summed E-state index contributed by atoms with van der Waals surface area (Å²) >= 11 is 0. The molecule has 1 aliphatic heterocycles. The monoisotopic (exact) mass is 328 g/mol. The summed E-state index contributed by atoms with van der Waals surface area (Å²) in [5, 5.41) is 9.28. The molecule has 2 aliphatic rings. The highest BCUT2D eigenvalue weighted by molar-refractivity contribution is 5.92. The van der Waals surface area contributed by atoms with E-state index in [1.54, 1.807) is 6.20 Å². The Bertz CT molecular complexity index is 864. The highest BCUT2D eigenvalue weighted by Crippen LogP contribution is 2.37. The van der Waals surface area contributed by atoms with Gasteiger partial charge in [-0.2, -0.15) is 0 Å². The molecule has 3 heterocycles. The van der Waals surface area contributed by atoms with Gasteiger partial charge in [-0.05, 0) is 26.0 Å². The maximum absolute atomic E-state index is 12.4. The first kappa shape index (κ1) is 15.1. The molecular weight excluding hydrogens is 308 g/mol. The lowest BCUT2D eigenvalue weighted by Gasteiger charge is -2.34. The third-order valence-corrected chi connectivity index (χ3v) is 4.90. The molecule has 0 radical (unpaired) electrons. The summed E-state index contributed by atoms with van der Waals surface area (Å²) in [7, 11) is 2.11. The zero-order valence-corrected chi connectivity index (χ0v) is 13.6. The summed E-state index contributed by atoms with van der Waals surface area (Å²) in [6.45, 7) is 3.83. The maximum Gasteiger partial charge on any atom is 0.341 e. The third kappa shape index (κ3) is 2.54. The van der Waals surface area contributed by atoms with Crippen LogP contribution in [0.2, 0.25) is 0 Å². The number of nitrogens with zero attached hydrogens (tertiary/aromatic N) is 4. The Hall–Kier alpha value is -2.41. The number of carboxylic acids is 1. The first-order chi connectivity index (χ1) is 11.5. The van der Waals surface area contributed by atoms with Crippen molar-refractivity contribution in [2.45, 2.75) is 18.9 Å². The van der Waals surface area contributed by atoms with Crippen LogP contribution in [0.1, 0.15) is 29.2 Å². The maximum atomic E-state index is 12.4. The van der Waals surface area contributed by atoms with Crippen LogP contribution in [-0.2, 0) is 0 Å². The SMILES string of the molecule is CN1CCN(c2cnc3c(=O)c(C(=O)O)cn(C4CC4)c3c2)CC1. The zero-order valence-electron chi connectivity index (χ0n) is 13.6. The quantitative estimate of drug-likeness (QED) is 0.911. The Labute approximate surface area is 139 Å². The summed E-state index contributed by atoms with van der Waals surface area (Å²) in [5.41, 5.74) is 1.28. The van der Waals surface area contributed by atoms with Gasteiger partial charge in [-0.3, -0.25) is 4.79 Å².